The number of amides is 2. The number of hydrogen-bond donors (Lipinski definition) is 1. The van der Waals surface area contributed by atoms with E-state index in [1.165, 1.54) is 12.1 Å². The lowest BCUT2D eigenvalue weighted by molar-refractivity contribution is -0.151. The van der Waals surface area contributed by atoms with Crippen molar-refractivity contribution in [2.75, 3.05) is 77.5 Å². The van der Waals surface area contributed by atoms with Crippen LogP contribution in [0.1, 0.15) is 52.0 Å². The Labute approximate surface area is 289 Å². The number of aliphatic hydroxyl groups excluding tert-OH is 1. The topological polar surface area (TPSA) is 112 Å². The molecule has 1 aromatic rings. The number of likely N-dealkylation sites (N-methyl/N-ethyl adjacent to an activating group) is 1. The van der Waals surface area contributed by atoms with Crippen molar-refractivity contribution in [3.63, 3.8) is 0 Å². The standard InChI is InChI=1S/C37H53FN4O7/c1-25-5-7-32(43)23-34(44)49-35(26(2)6-8-33(25)48-37(46)42-12-10-39(4)11-13-42)27(3)19-28-20-30(38)22-31(21-28)40-14-16-41(17-15-40)36(45)29-9-18-47-24-29/h6,8,19-22,25-26,29,32-33,35,43H,5,7,9-18,23-24H2,1-4H3/b8-6-,27-19+/t25-,26-,29-,32+,33-,35-/m0/s1. The molecule has 49 heavy (non-hydrogen) atoms. The molecule has 4 aliphatic heterocycles. The quantitative estimate of drug-likeness (QED) is 0.364. The van der Waals surface area contributed by atoms with Gasteiger partial charge in [0.15, 0.2) is 0 Å². The van der Waals surface area contributed by atoms with E-state index in [1.54, 1.807) is 4.90 Å². The van der Waals surface area contributed by atoms with Gasteiger partial charge in [0.2, 0.25) is 5.91 Å². The molecule has 11 nitrogen and oxygen atoms in total. The summed E-state index contributed by atoms with van der Waals surface area (Å²) in [4.78, 5) is 46.8. The number of rotatable bonds is 5. The minimum atomic E-state index is -0.888. The highest BCUT2D eigenvalue weighted by Gasteiger charge is 2.31. The van der Waals surface area contributed by atoms with Gasteiger partial charge in [-0.15, -0.1) is 0 Å². The van der Waals surface area contributed by atoms with Crippen molar-refractivity contribution in [1.29, 1.82) is 0 Å². The number of halogens is 1. The summed E-state index contributed by atoms with van der Waals surface area (Å²) in [6, 6.07) is 4.86. The van der Waals surface area contributed by atoms with Crippen LogP contribution in [-0.4, -0.2) is 129 Å². The number of nitrogens with zero attached hydrogens (tertiary/aromatic N) is 4. The first kappa shape index (κ1) is 36.8. The van der Waals surface area contributed by atoms with Crippen LogP contribution in [-0.2, 0) is 23.8 Å². The SMILES string of the molecule is C/C(=C\c1cc(F)cc(N2CCN(C(=O)[C@H]3CCOC3)CC2)c1)[C@H]1OC(=O)C[C@H](O)CC[C@H](C)[C@@H](OC(=O)N2CCN(C)CC2)/C=C\[C@@H]1C. The Bertz CT molecular complexity index is 1370. The van der Waals surface area contributed by atoms with Crippen molar-refractivity contribution in [3.05, 3.63) is 47.3 Å². The third kappa shape index (κ3) is 10.0. The fraction of sp³-hybridized carbons (Fsp3) is 0.649. The molecule has 5 rings (SSSR count). The highest BCUT2D eigenvalue weighted by molar-refractivity contribution is 5.79. The molecule has 12 heteroatoms. The molecule has 0 saturated carbocycles. The summed E-state index contributed by atoms with van der Waals surface area (Å²) < 4.78 is 32.4. The molecule has 3 fully saturated rings. The van der Waals surface area contributed by atoms with Crippen molar-refractivity contribution in [3.8, 4) is 0 Å². The predicted molar refractivity (Wildman–Crippen MR) is 184 cm³/mol. The van der Waals surface area contributed by atoms with E-state index < -0.39 is 24.3 Å². The molecular weight excluding hydrogens is 631 g/mol. The molecule has 4 heterocycles. The van der Waals surface area contributed by atoms with E-state index in [1.807, 2.05) is 57.0 Å². The van der Waals surface area contributed by atoms with Crippen LogP contribution >= 0.6 is 0 Å². The second kappa shape index (κ2) is 17.0. The number of benzene rings is 1. The molecule has 0 radical (unpaired) electrons. The first-order valence-corrected chi connectivity index (χ1v) is 17.8. The summed E-state index contributed by atoms with van der Waals surface area (Å²) in [5.74, 6) is -1.22. The number of cyclic esters (lactones) is 1. The van der Waals surface area contributed by atoms with Gasteiger partial charge >= 0.3 is 12.1 Å². The maximum absolute atomic E-state index is 15.0. The van der Waals surface area contributed by atoms with Gasteiger partial charge in [-0.05, 0) is 74.6 Å². The number of carbonyl (C=O) groups is 3. The monoisotopic (exact) mass is 684 g/mol. The van der Waals surface area contributed by atoms with Gasteiger partial charge in [-0.3, -0.25) is 9.59 Å². The van der Waals surface area contributed by atoms with Crippen LogP contribution in [0.15, 0.2) is 35.9 Å². The van der Waals surface area contributed by atoms with Gasteiger partial charge in [-0.1, -0.05) is 26.0 Å². The maximum Gasteiger partial charge on any atom is 0.410 e. The number of carbonyl (C=O) groups excluding carboxylic acids is 3. The Morgan fingerprint density at radius 2 is 1.67 bits per heavy atom. The van der Waals surface area contributed by atoms with Crippen molar-refractivity contribution in [2.45, 2.75) is 64.8 Å². The van der Waals surface area contributed by atoms with Crippen LogP contribution in [0.5, 0.6) is 0 Å². The number of anilines is 1. The Hall–Kier alpha value is -3.48. The Morgan fingerprint density at radius 3 is 2.37 bits per heavy atom. The lowest BCUT2D eigenvalue weighted by atomic mass is 9.91. The zero-order valence-corrected chi connectivity index (χ0v) is 29.4. The molecule has 0 bridgehead atoms. The molecule has 270 valence electrons. The predicted octanol–water partition coefficient (Wildman–Crippen LogP) is 3.95. The number of ether oxygens (including phenoxy) is 3. The maximum atomic E-state index is 15.0. The Balaban J connectivity index is 1.30. The van der Waals surface area contributed by atoms with Gasteiger partial charge < -0.3 is 38.9 Å². The summed E-state index contributed by atoms with van der Waals surface area (Å²) in [6.45, 7) is 11.9. The van der Waals surface area contributed by atoms with Crippen LogP contribution < -0.4 is 4.90 Å². The van der Waals surface area contributed by atoms with Crippen molar-refractivity contribution < 1.29 is 38.1 Å². The largest absolute Gasteiger partial charge is 0.457 e. The molecule has 0 unspecified atom stereocenters. The molecule has 0 aromatic heterocycles. The van der Waals surface area contributed by atoms with Crippen molar-refractivity contribution >= 4 is 29.7 Å². The molecule has 0 aliphatic carbocycles. The van der Waals surface area contributed by atoms with E-state index in [9.17, 15) is 23.9 Å². The van der Waals surface area contributed by atoms with Gasteiger partial charge in [0.05, 0.1) is 25.0 Å². The molecule has 2 amide bonds. The highest BCUT2D eigenvalue weighted by atomic mass is 19.1. The van der Waals surface area contributed by atoms with Gasteiger partial charge in [-0.25, -0.2) is 9.18 Å². The molecular formula is C37H53FN4O7. The Kier molecular flexibility index (Phi) is 12.7. The molecule has 1 aromatic carbocycles. The zero-order valence-electron chi connectivity index (χ0n) is 29.4. The fourth-order valence-corrected chi connectivity index (χ4v) is 7.01. The summed E-state index contributed by atoms with van der Waals surface area (Å²) in [6.07, 6.45) is 4.70. The fourth-order valence-electron chi connectivity index (χ4n) is 7.01. The Morgan fingerprint density at radius 1 is 0.959 bits per heavy atom. The lowest BCUT2D eigenvalue weighted by Crippen LogP contribution is -2.50. The average Bonchev–Trinajstić information content (AvgIpc) is 3.62. The second-order valence-corrected chi connectivity index (χ2v) is 14.2. The van der Waals surface area contributed by atoms with Gasteiger partial charge in [0.1, 0.15) is 18.0 Å². The third-order valence-electron chi connectivity index (χ3n) is 10.2. The zero-order chi connectivity index (χ0) is 35.1. The molecule has 1 N–H and O–H groups in total. The summed E-state index contributed by atoms with van der Waals surface area (Å²) in [7, 11) is 2.03. The molecule has 0 spiro atoms. The minimum Gasteiger partial charge on any atom is -0.457 e. The minimum absolute atomic E-state index is 0.0720. The van der Waals surface area contributed by atoms with Crippen LogP contribution in [0.25, 0.3) is 6.08 Å². The second-order valence-electron chi connectivity index (χ2n) is 14.2. The van der Waals surface area contributed by atoms with E-state index >= 15 is 0 Å². The van der Waals surface area contributed by atoms with Crippen LogP contribution in [0.4, 0.5) is 14.9 Å². The molecule has 3 saturated heterocycles. The van der Waals surface area contributed by atoms with E-state index in [0.29, 0.717) is 76.5 Å². The van der Waals surface area contributed by atoms with E-state index in [4.69, 9.17) is 14.2 Å². The summed E-state index contributed by atoms with van der Waals surface area (Å²) >= 11 is 0. The van der Waals surface area contributed by atoms with Gasteiger partial charge in [0.25, 0.3) is 0 Å². The molecule has 4 aliphatic rings. The first-order chi connectivity index (χ1) is 23.5. The number of aliphatic hydroxyl groups is 1. The average molecular weight is 685 g/mol. The summed E-state index contributed by atoms with van der Waals surface area (Å²) in [5, 5.41) is 10.7. The number of piperazine rings is 2. The third-order valence-corrected chi connectivity index (χ3v) is 10.2. The number of hydrogen-bond acceptors (Lipinski definition) is 9. The lowest BCUT2D eigenvalue weighted by Gasteiger charge is -2.37. The van der Waals surface area contributed by atoms with Crippen LogP contribution in [0.3, 0.4) is 0 Å². The van der Waals surface area contributed by atoms with E-state index in [0.717, 1.165) is 25.2 Å². The van der Waals surface area contributed by atoms with Crippen molar-refractivity contribution in [1.82, 2.24) is 14.7 Å². The van der Waals surface area contributed by atoms with Crippen LogP contribution in [0, 0.1) is 23.6 Å². The normalized spacial score (nSPS) is 30.3. The highest BCUT2D eigenvalue weighted by Crippen LogP contribution is 2.28. The first-order valence-electron chi connectivity index (χ1n) is 17.8. The van der Waals surface area contributed by atoms with Gasteiger partial charge in [-0.2, -0.15) is 0 Å². The summed E-state index contributed by atoms with van der Waals surface area (Å²) in [5.41, 5.74) is 2.06. The van der Waals surface area contributed by atoms with Gasteiger partial charge in [0, 0.05) is 70.6 Å². The van der Waals surface area contributed by atoms with Crippen LogP contribution in [0.2, 0.25) is 0 Å². The smallest absolute Gasteiger partial charge is 0.410 e. The number of esters is 1. The molecule has 6 atom stereocenters. The van der Waals surface area contributed by atoms with E-state index in [-0.39, 0.29) is 42.0 Å². The van der Waals surface area contributed by atoms with E-state index in [2.05, 4.69) is 9.80 Å². The van der Waals surface area contributed by atoms with Crippen molar-refractivity contribution in [2.24, 2.45) is 17.8 Å².